The first kappa shape index (κ1) is 22.5. The normalized spacial score (nSPS) is 11.8. The van der Waals surface area contributed by atoms with Gasteiger partial charge in [0.1, 0.15) is 11.8 Å². The molecule has 2 aromatic carbocycles. The zero-order chi connectivity index (χ0) is 21.2. The lowest BCUT2D eigenvalue weighted by atomic mass is 10.1. The van der Waals surface area contributed by atoms with Crippen molar-refractivity contribution >= 4 is 11.8 Å². The number of carbonyl (C=O) groups excluding carboxylic acids is 2. The Morgan fingerprint density at radius 2 is 1.69 bits per heavy atom. The Labute approximate surface area is 174 Å². The van der Waals surface area contributed by atoms with Gasteiger partial charge in [0.2, 0.25) is 11.8 Å². The molecular formula is C24H32N2O3. The smallest absolute Gasteiger partial charge is 0.242 e. The summed E-state index contributed by atoms with van der Waals surface area (Å²) in [5, 5.41) is 2.94. The molecule has 5 nitrogen and oxygen atoms in total. The zero-order valence-corrected chi connectivity index (χ0v) is 17.9. The summed E-state index contributed by atoms with van der Waals surface area (Å²) in [4.78, 5) is 27.4. The first-order valence-electron chi connectivity index (χ1n) is 10.1. The van der Waals surface area contributed by atoms with Gasteiger partial charge in [0.05, 0.1) is 7.11 Å². The number of benzene rings is 2. The highest BCUT2D eigenvalue weighted by Gasteiger charge is 2.26. The predicted octanol–water partition coefficient (Wildman–Crippen LogP) is 3.82. The second-order valence-corrected chi connectivity index (χ2v) is 7.67. The number of nitrogens with one attached hydrogen (secondary N) is 1. The third-order valence-electron chi connectivity index (χ3n) is 4.81. The van der Waals surface area contributed by atoms with E-state index in [0.717, 1.165) is 16.9 Å². The summed E-state index contributed by atoms with van der Waals surface area (Å²) in [5.41, 5.74) is 2.04. The molecule has 0 saturated carbocycles. The maximum Gasteiger partial charge on any atom is 0.242 e. The SMILES string of the molecule is COc1cccc(CN(C(=O)CCc2ccccc2)C(C)C(=O)NCC(C)C)c1. The van der Waals surface area contributed by atoms with Crippen LogP contribution in [-0.4, -0.2) is 36.4 Å². The van der Waals surface area contributed by atoms with E-state index in [9.17, 15) is 9.59 Å². The average Bonchev–Trinajstić information content (AvgIpc) is 2.74. The number of hydrogen-bond acceptors (Lipinski definition) is 3. The number of hydrogen-bond donors (Lipinski definition) is 1. The standard InChI is InChI=1S/C24H32N2O3/c1-18(2)16-25-24(28)19(3)26(17-21-11-8-12-22(15-21)29-4)23(27)14-13-20-9-6-5-7-10-20/h5-12,15,18-19H,13-14,16-17H2,1-4H3,(H,25,28). The molecule has 0 heterocycles. The molecule has 2 rings (SSSR count). The first-order valence-corrected chi connectivity index (χ1v) is 10.1. The van der Waals surface area contributed by atoms with Gasteiger partial charge in [-0.3, -0.25) is 9.59 Å². The molecule has 0 aliphatic rings. The molecule has 0 fully saturated rings. The molecule has 29 heavy (non-hydrogen) atoms. The van der Waals surface area contributed by atoms with Gasteiger partial charge < -0.3 is 15.0 Å². The molecule has 156 valence electrons. The van der Waals surface area contributed by atoms with Crippen LogP contribution in [0, 0.1) is 5.92 Å². The van der Waals surface area contributed by atoms with Gasteiger partial charge in [-0.25, -0.2) is 0 Å². The van der Waals surface area contributed by atoms with Crippen molar-refractivity contribution in [3.63, 3.8) is 0 Å². The van der Waals surface area contributed by atoms with Crippen molar-refractivity contribution in [2.45, 2.75) is 46.2 Å². The minimum Gasteiger partial charge on any atom is -0.497 e. The summed E-state index contributed by atoms with van der Waals surface area (Å²) in [6.07, 6.45) is 1.00. The van der Waals surface area contributed by atoms with Crippen LogP contribution in [0.25, 0.3) is 0 Å². The van der Waals surface area contributed by atoms with Crippen molar-refractivity contribution in [2.75, 3.05) is 13.7 Å². The van der Waals surface area contributed by atoms with Gasteiger partial charge in [0.25, 0.3) is 0 Å². The number of amides is 2. The molecule has 0 aromatic heterocycles. The fourth-order valence-corrected chi connectivity index (χ4v) is 3.04. The van der Waals surface area contributed by atoms with Gasteiger partial charge in [-0.15, -0.1) is 0 Å². The van der Waals surface area contributed by atoms with Crippen LogP contribution >= 0.6 is 0 Å². The van der Waals surface area contributed by atoms with E-state index in [1.54, 1.807) is 18.9 Å². The van der Waals surface area contributed by atoms with Crippen molar-refractivity contribution in [3.8, 4) is 5.75 Å². The summed E-state index contributed by atoms with van der Waals surface area (Å²) < 4.78 is 5.29. The highest BCUT2D eigenvalue weighted by Crippen LogP contribution is 2.17. The van der Waals surface area contributed by atoms with E-state index in [1.807, 2.05) is 68.4 Å². The van der Waals surface area contributed by atoms with E-state index in [4.69, 9.17) is 4.74 Å². The minimum atomic E-state index is -0.553. The summed E-state index contributed by atoms with van der Waals surface area (Å²) in [6, 6.07) is 17.0. The maximum atomic E-state index is 13.1. The largest absolute Gasteiger partial charge is 0.497 e. The van der Waals surface area contributed by atoms with E-state index in [1.165, 1.54) is 0 Å². The lowest BCUT2D eigenvalue weighted by molar-refractivity contribution is -0.140. The molecule has 0 spiro atoms. The maximum absolute atomic E-state index is 13.1. The summed E-state index contributed by atoms with van der Waals surface area (Å²) in [5.74, 6) is 0.918. The number of rotatable bonds is 10. The van der Waals surface area contributed by atoms with Crippen LogP contribution in [0.5, 0.6) is 5.75 Å². The van der Waals surface area contributed by atoms with Gasteiger partial charge in [0, 0.05) is 19.5 Å². The summed E-state index contributed by atoms with van der Waals surface area (Å²) in [6.45, 7) is 6.83. The monoisotopic (exact) mass is 396 g/mol. The highest BCUT2D eigenvalue weighted by molar-refractivity contribution is 5.87. The second kappa shape index (κ2) is 11.2. The van der Waals surface area contributed by atoms with E-state index in [0.29, 0.717) is 31.8 Å². The molecule has 0 radical (unpaired) electrons. The van der Waals surface area contributed by atoms with Gasteiger partial charge in [0.15, 0.2) is 0 Å². The molecule has 0 aliphatic heterocycles. The molecular weight excluding hydrogens is 364 g/mol. The Balaban J connectivity index is 2.14. The van der Waals surface area contributed by atoms with Crippen LogP contribution in [-0.2, 0) is 22.6 Å². The van der Waals surface area contributed by atoms with Crippen LogP contribution in [0.15, 0.2) is 54.6 Å². The van der Waals surface area contributed by atoms with Crippen molar-refractivity contribution in [2.24, 2.45) is 5.92 Å². The number of nitrogens with zero attached hydrogens (tertiary/aromatic N) is 1. The Kier molecular flexibility index (Phi) is 8.71. The van der Waals surface area contributed by atoms with E-state index in [-0.39, 0.29) is 11.8 Å². The average molecular weight is 397 g/mol. The number of ether oxygens (including phenoxy) is 1. The number of aryl methyl sites for hydroxylation is 1. The lowest BCUT2D eigenvalue weighted by Crippen LogP contribution is -2.48. The van der Waals surface area contributed by atoms with Gasteiger partial charge in [-0.05, 0) is 42.5 Å². The molecule has 1 unspecified atom stereocenters. The van der Waals surface area contributed by atoms with Crippen molar-refractivity contribution in [1.29, 1.82) is 0 Å². The number of carbonyl (C=O) groups is 2. The summed E-state index contributed by atoms with van der Waals surface area (Å²) in [7, 11) is 1.61. The van der Waals surface area contributed by atoms with E-state index in [2.05, 4.69) is 5.32 Å². The van der Waals surface area contributed by atoms with Crippen LogP contribution < -0.4 is 10.1 Å². The summed E-state index contributed by atoms with van der Waals surface area (Å²) >= 11 is 0. The van der Waals surface area contributed by atoms with Crippen LogP contribution in [0.1, 0.15) is 38.3 Å². The van der Waals surface area contributed by atoms with E-state index < -0.39 is 6.04 Å². The lowest BCUT2D eigenvalue weighted by Gasteiger charge is -2.29. The molecule has 2 amide bonds. The fraction of sp³-hybridized carbons (Fsp3) is 0.417. The Bertz CT molecular complexity index is 790. The quantitative estimate of drug-likeness (QED) is 0.664. The van der Waals surface area contributed by atoms with Gasteiger partial charge in [-0.2, -0.15) is 0 Å². The molecule has 2 aromatic rings. The predicted molar refractivity (Wildman–Crippen MR) is 116 cm³/mol. The first-order chi connectivity index (χ1) is 13.9. The zero-order valence-electron chi connectivity index (χ0n) is 17.9. The Morgan fingerprint density at radius 1 is 1.00 bits per heavy atom. The third kappa shape index (κ3) is 7.26. The molecule has 1 atom stereocenters. The van der Waals surface area contributed by atoms with Gasteiger partial charge in [-0.1, -0.05) is 56.3 Å². The fourth-order valence-electron chi connectivity index (χ4n) is 3.04. The highest BCUT2D eigenvalue weighted by atomic mass is 16.5. The van der Waals surface area contributed by atoms with Crippen molar-refractivity contribution < 1.29 is 14.3 Å². The van der Waals surface area contributed by atoms with Crippen LogP contribution in [0.4, 0.5) is 0 Å². The number of methoxy groups -OCH3 is 1. The molecule has 5 heteroatoms. The van der Waals surface area contributed by atoms with Gasteiger partial charge >= 0.3 is 0 Å². The molecule has 0 aliphatic carbocycles. The Morgan fingerprint density at radius 3 is 2.34 bits per heavy atom. The molecule has 1 N–H and O–H groups in total. The molecule has 0 bridgehead atoms. The third-order valence-corrected chi connectivity index (χ3v) is 4.81. The van der Waals surface area contributed by atoms with Crippen molar-refractivity contribution in [3.05, 3.63) is 65.7 Å². The van der Waals surface area contributed by atoms with Crippen LogP contribution in [0.2, 0.25) is 0 Å². The van der Waals surface area contributed by atoms with Crippen molar-refractivity contribution in [1.82, 2.24) is 10.2 Å². The van der Waals surface area contributed by atoms with E-state index >= 15 is 0 Å². The second-order valence-electron chi connectivity index (χ2n) is 7.67. The minimum absolute atomic E-state index is 0.0381. The molecule has 0 saturated heterocycles. The van der Waals surface area contributed by atoms with Crippen LogP contribution in [0.3, 0.4) is 0 Å². The Hall–Kier alpha value is -2.82. The topological polar surface area (TPSA) is 58.6 Å².